The lowest BCUT2D eigenvalue weighted by Gasteiger charge is -2.28. The van der Waals surface area contributed by atoms with Gasteiger partial charge in [0.1, 0.15) is 0 Å². The molecule has 0 bridgehead atoms. The molecule has 1 aliphatic heterocycles. The van der Waals surface area contributed by atoms with Gasteiger partial charge in [-0.2, -0.15) is 0 Å². The van der Waals surface area contributed by atoms with Gasteiger partial charge in [-0.05, 0) is 80.7 Å². The van der Waals surface area contributed by atoms with Crippen LogP contribution in [0.3, 0.4) is 0 Å². The Morgan fingerprint density at radius 3 is 2.55 bits per heavy atom. The Labute approximate surface area is 191 Å². The fraction of sp³-hybridized carbons (Fsp3) is 0.385. The average molecular weight is 433 g/mol. The molecule has 1 aliphatic rings. The second-order valence-electron chi connectivity index (χ2n) is 8.42. The molecule has 3 heterocycles. The third kappa shape index (κ3) is 3.76. The van der Waals surface area contributed by atoms with Crippen molar-refractivity contribution in [2.45, 2.75) is 59.5 Å². The van der Waals surface area contributed by atoms with E-state index in [9.17, 15) is 0 Å². The summed E-state index contributed by atoms with van der Waals surface area (Å²) in [5, 5.41) is 4.39. The molecule has 4 nitrogen and oxygen atoms in total. The lowest BCUT2D eigenvalue weighted by Crippen LogP contribution is -2.30. The standard InChI is InChI=1S/C26H32N4S/c1-6-15-29-25(23(28-26(29)31)22-13-8-9-14-27-22)21-16-18(4)30(19(21)5)24-17(3)11-10-12-20(24)7-2/h8-14,16,23,25H,6-7,15H2,1-5H3,(H,28,31). The Kier molecular flexibility index (Phi) is 6.15. The third-order valence-corrected chi connectivity index (χ3v) is 6.73. The normalized spacial score (nSPS) is 18.5. The lowest BCUT2D eigenvalue weighted by atomic mass is 9.96. The topological polar surface area (TPSA) is 33.1 Å². The van der Waals surface area contributed by atoms with Crippen molar-refractivity contribution in [3.8, 4) is 5.69 Å². The number of benzene rings is 1. The van der Waals surface area contributed by atoms with Crippen LogP contribution in [0.2, 0.25) is 0 Å². The van der Waals surface area contributed by atoms with Crippen LogP contribution in [0.4, 0.5) is 0 Å². The summed E-state index contributed by atoms with van der Waals surface area (Å²) in [7, 11) is 0. The molecule has 1 saturated heterocycles. The number of pyridine rings is 1. The quantitative estimate of drug-likeness (QED) is 0.503. The van der Waals surface area contributed by atoms with Gasteiger partial charge in [0.2, 0.25) is 0 Å². The molecule has 0 aliphatic carbocycles. The SMILES string of the molecule is CCCN1C(=S)NC(c2ccccn2)C1c1cc(C)n(-c2c(C)cccc2CC)c1C. The van der Waals surface area contributed by atoms with Crippen LogP contribution in [0.15, 0.2) is 48.7 Å². The van der Waals surface area contributed by atoms with Crippen LogP contribution in [-0.2, 0) is 6.42 Å². The van der Waals surface area contributed by atoms with E-state index in [1.54, 1.807) is 0 Å². The number of rotatable bonds is 6. The summed E-state index contributed by atoms with van der Waals surface area (Å²) in [6, 6.07) is 15.2. The van der Waals surface area contributed by atoms with Crippen molar-refractivity contribution in [1.29, 1.82) is 0 Å². The van der Waals surface area contributed by atoms with E-state index in [2.05, 4.69) is 90.8 Å². The number of aryl methyl sites for hydroxylation is 3. The van der Waals surface area contributed by atoms with E-state index in [-0.39, 0.29) is 12.1 Å². The molecular formula is C26H32N4S. The second-order valence-corrected chi connectivity index (χ2v) is 8.80. The van der Waals surface area contributed by atoms with Gasteiger partial charge < -0.3 is 14.8 Å². The van der Waals surface area contributed by atoms with Gasteiger partial charge in [-0.25, -0.2) is 0 Å². The molecule has 1 fully saturated rings. The molecule has 2 aromatic heterocycles. The zero-order valence-corrected chi connectivity index (χ0v) is 20.0. The first kappa shape index (κ1) is 21.6. The highest BCUT2D eigenvalue weighted by molar-refractivity contribution is 7.80. The predicted octanol–water partition coefficient (Wildman–Crippen LogP) is 5.74. The van der Waals surface area contributed by atoms with Gasteiger partial charge in [-0.1, -0.05) is 38.1 Å². The summed E-state index contributed by atoms with van der Waals surface area (Å²) in [5.41, 5.74) is 8.88. The molecule has 31 heavy (non-hydrogen) atoms. The van der Waals surface area contributed by atoms with E-state index in [1.165, 1.54) is 33.8 Å². The van der Waals surface area contributed by atoms with Crippen molar-refractivity contribution >= 4 is 17.3 Å². The molecule has 0 radical (unpaired) electrons. The molecule has 3 aromatic rings. The van der Waals surface area contributed by atoms with Gasteiger partial charge in [0, 0.05) is 24.1 Å². The number of para-hydroxylation sites is 1. The van der Waals surface area contributed by atoms with Gasteiger partial charge in [0.05, 0.1) is 23.5 Å². The Morgan fingerprint density at radius 2 is 1.87 bits per heavy atom. The first-order valence-corrected chi connectivity index (χ1v) is 11.6. The maximum Gasteiger partial charge on any atom is 0.170 e. The van der Waals surface area contributed by atoms with Gasteiger partial charge in [0.25, 0.3) is 0 Å². The summed E-state index contributed by atoms with van der Waals surface area (Å²) in [4.78, 5) is 7.02. The van der Waals surface area contributed by atoms with Crippen LogP contribution in [0.1, 0.15) is 66.1 Å². The number of thiocarbonyl (C=S) groups is 1. The maximum atomic E-state index is 5.78. The molecule has 2 unspecified atom stereocenters. The zero-order valence-electron chi connectivity index (χ0n) is 19.1. The van der Waals surface area contributed by atoms with Crippen LogP contribution in [0.25, 0.3) is 5.69 Å². The molecule has 5 heteroatoms. The summed E-state index contributed by atoms with van der Waals surface area (Å²) in [6.45, 7) is 12.0. The molecule has 162 valence electrons. The minimum absolute atomic E-state index is 0.0386. The van der Waals surface area contributed by atoms with E-state index in [0.717, 1.165) is 30.2 Å². The van der Waals surface area contributed by atoms with Crippen LogP contribution < -0.4 is 5.32 Å². The molecule has 2 atom stereocenters. The highest BCUT2D eigenvalue weighted by atomic mass is 32.1. The number of nitrogens with zero attached hydrogens (tertiary/aromatic N) is 3. The highest BCUT2D eigenvalue weighted by Gasteiger charge is 2.41. The summed E-state index contributed by atoms with van der Waals surface area (Å²) in [5.74, 6) is 0. The minimum Gasteiger partial charge on any atom is -0.352 e. The van der Waals surface area contributed by atoms with E-state index in [1.807, 2.05) is 12.3 Å². The van der Waals surface area contributed by atoms with Gasteiger partial charge >= 0.3 is 0 Å². The van der Waals surface area contributed by atoms with Crippen LogP contribution in [0.5, 0.6) is 0 Å². The smallest absolute Gasteiger partial charge is 0.170 e. The van der Waals surface area contributed by atoms with Crippen LogP contribution in [0, 0.1) is 20.8 Å². The average Bonchev–Trinajstić information content (AvgIpc) is 3.24. The third-order valence-electron chi connectivity index (χ3n) is 6.38. The van der Waals surface area contributed by atoms with Gasteiger partial charge in [0.15, 0.2) is 5.11 Å². The van der Waals surface area contributed by atoms with Crippen LogP contribution >= 0.6 is 12.2 Å². The van der Waals surface area contributed by atoms with Crippen molar-refractivity contribution < 1.29 is 0 Å². The number of hydrogen-bond donors (Lipinski definition) is 1. The van der Waals surface area contributed by atoms with E-state index >= 15 is 0 Å². The molecule has 1 N–H and O–H groups in total. The summed E-state index contributed by atoms with van der Waals surface area (Å²) in [6.07, 6.45) is 3.92. The predicted molar refractivity (Wildman–Crippen MR) is 132 cm³/mol. The Morgan fingerprint density at radius 1 is 1.06 bits per heavy atom. The van der Waals surface area contributed by atoms with E-state index in [0.29, 0.717) is 0 Å². The second kappa shape index (κ2) is 8.83. The number of hydrogen-bond acceptors (Lipinski definition) is 2. The van der Waals surface area contributed by atoms with Crippen molar-refractivity contribution in [3.63, 3.8) is 0 Å². The van der Waals surface area contributed by atoms with Crippen molar-refractivity contribution in [3.05, 3.63) is 82.4 Å². The largest absolute Gasteiger partial charge is 0.352 e. The van der Waals surface area contributed by atoms with Gasteiger partial charge in [-0.15, -0.1) is 0 Å². The summed E-state index contributed by atoms with van der Waals surface area (Å²) >= 11 is 5.78. The van der Waals surface area contributed by atoms with Gasteiger partial charge in [-0.3, -0.25) is 4.98 Å². The molecule has 0 spiro atoms. The Balaban J connectivity index is 1.88. The minimum atomic E-state index is 0.0386. The van der Waals surface area contributed by atoms with E-state index < -0.39 is 0 Å². The summed E-state index contributed by atoms with van der Waals surface area (Å²) < 4.78 is 2.43. The van der Waals surface area contributed by atoms with Crippen molar-refractivity contribution in [1.82, 2.24) is 19.8 Å². The fourth-order valence-electron chi connectivity index (χ4n) is 4.98. The zero-order chi connectivity index (χ0) is 22.1. The molecule has 0 amide bonds. The maximum absolute atomic E-state index is 5.78. The highest BCUT2D eigenvalue weighted by Crippen LogP contribution is 2.41. The molecule has 4 rings (SSSR count). The van der Waals surface area contributed by atoms with E-state index in [4.69, 9.17) is 12.2 Å². The Bertz CT molecular complexity index is 1090. The monoisotopic (exact) mass is 432 g/mol. The number of aromatic nitrogens is 2. The Hall–Kier alpha value is -2.66. The first-order valence-electron chi connectivity index (χ1n) is 11.2. The first-order chi connectivity index (χ1) is 15.0. The van der Waals surface area contributed by atoms with Crippen molar-refractivity contribution in [2.75, 3.05) is 6.54 Å². The number of nitrogens with one attached hydrogen (secondary N) is 1. The van der Waals surface area contributed by atoms with Crippen LogP contribution in [-0.4, -0.2) is 26.1 Å². The van der Waals surface area contributed by atoms with Crippen molar-refractivity contribution in [2.24, 2.45) is 0 Å². The fourth-order valence-corrected chi connectivity index (χ4v) is 5.31. The lowest BCUT2D eigenvalue weighted by molar-refractivity contribution is 0.316. The molecule has 1 aromatic carbocycles. The molecule has 0 saturated carbocycles. The molecular weight excluding hydrogens is 400 g/mol.